The van der Waals surface area contributed by atoms with Crippen molar-refractivity contribution in [2.24, 2.45) is 0 Å². The van der Waals surface area contributed by atoms with Crippen LogP contribution in [0, 0.1) is 0 Å². The molecule has 1 aliphatic heterocycles. The predicted octanol–water partition coefficient (Wildman–Crippen LogP) is 4.04. The Morgan fingerprint density at radius 1 is 0.933 bits per heavy atom. The third-order valence-corrected chi connectivity index (χ3v) is 9.75. The van der Waals surface area contributed by atoms with Crippen molar-refractivity contribution in [2.45, 2.75) is 28.1 Å². The van der Waals surface area contributed by atoms with E-state index in [9.17, 15) is 16.8 Å². The summed E-state index contributed by atoms with van der Waals surface area (Å²) in [4.78, 5) is 0.253. The number of fused-ring (bicyclic) bond motifs is 1. The lowest BCUT2D eigenvalue weighted by Gasteiger charge is -2.16. The Balaban J connectivity index is 1.68. The van der Waals surface area contributed by atoms with Crippen molar-refractivity contribution in [1.29, 1.82) is 0 Å². The third kappa shape index (κ3) is 4.09. The van der Waals surface area contributed by atoms with E-state index in [1.165, 1.54) is 18.2 Å². The van der Waals surface area contributed by atoms with E-state index < -0.39 is 30.7 Å². The maximum atomic E-state index is 13.3. The van der Waals surface area contributed by atoms with Gasteiger partial charge in [-0.2, -0.15) is 0 Å². The largest absolute Gasteiger partial charge is 0.309 e. The molecule has 5 nitrogen and oxygen atoms in total. The van der Waals surface area contributed by atoms with E-state index >= 15 is 0 Å². The van der Waals surface area contributed by atoms with Crippen LogP contribution in [0.4, 0.5) is 0 Å². The maximum Gasteiger partial charge on any atom is 0.186 e. The standard InChI is InChI=1S/C22H20BrNO4S2/c23-18-8-4-6-16(12-18)13-24-14-17-7-5-11-20-22(17)21(15-29(20,25)26)30(27,28)19-9-2-1-3-10-19/h1-12,21,24H,13-15H2. The molecule has 0 fully saturated rings. The van der Waals surface area contributed by atoms with Gasteiger partial charge in [-0.05, 0) is 47.0 Å². The molecule has 0 radical (unpaired) electrons. The predicted molar refractivity (Wildman–Crippen MR) is 120 cm³/mol. The van der Waals surface area contributed by atoms with Crippen molar-refractivity contribution in [2.75, 3.05) is 5.75 Å². The van der Waals surface area contributed by atoms with Crippen LogP contribution < -0.4 is 5.32 Å². The first-order valence-corrected chi connectivity index (χ1v) is 13.4. The van der Waals surface area contributed by atoms with Gasteiger partial charge in [-0.15, -0.1) is 0 Å². The van der Waals surface area contributed by atoms with Gasteiger partial charge < -0.3 is 5.32 Å². The fourth-order valence-corrected chi connectivity index (χ4v) is 8.63. The Kier molecular flexibility index (Phi) is 5.85. The van der Waals surface area contributed by atoms with Gasteiger partial charge in [0.1, 0.15) is 5.25 Å². The van der Waals surface area contributed by atoms with Crippen molar-refractivity contribution in [3.05, 3.63) is 94.0 Å². The van der Waals surface area contributed by atoms with E-state index in [-0.39, 0.29) is 9.79 Å². The molecular formula is C22H20BrNO4S2. The SMILES string of the molecule is O=S1(=O)CC(S(=O)(=O)c2ccccc2)c2c(CNCc3cccc(Br)c3)cccc21. The zero-order chi connectivity index (χ0) is 21.4. The van der Waals surface area contributed by atoms with Gasteiger partial charge in [0.25, 0.3) is 0 Å². The minimum absolute atomic E-state index is 0.119. The molecule has 0 saturated heterocycles. The number of nitrogens with one attached hydrogen (secondary N) is 1. The lowest BCUT2D eigenvalue weighted by atomic mass is 10.0. The van der Waals surface area contributed by atoms with Crippen LogP contribution in [0.3, 0.4) is 0 Å². The van der Waals surface area contributed by atoms with Crippen LogP contribution >= 0.6 is 15.9 Å². The van der Waals surface area contributed by atoms with E-state index in [1.807, 2.05) is 24.3 Å². The van der Waals surface area contributed by atoms with Gasteiger partial charge in [-0.3, -0.25) is 0 Å². The van der Waals surface area contributed by atoms with Crippen LogP contribution in [0.15, 0.2) is 87.1 Å². The highest BCUT2D eigenvalue weighted by atomic mass is 79.9. The summed E-state index contributed by atoms with van der Waals surface area (Å²) >= 11 is 3.44. The Morgan fingerprint density at radius 2 is 1.67 bits per heavy atom. The molecule has 0 spiro atoms. The van der Waals surface area contributed by atoms with Gasteiger partial charge >= 0.3 is 0 Å². The van der Waals surface area contributed by atoms with E-state index in [0.29, 0.717) is 24.2 Å². The molecule has 1 atom stereocenters. The molecule has 8 heteroatoms. The summed E-state index contributed by atoms with van der Waals surface area (Å²) < 4.78 is 53.0. The second-order valence-corrected chi connectivity index (χ2v) is 12.2. The average molecular weight is 506 g/mol. The summed E-state index contributed by atoms with van der Waals surface area (Å²) in [5.74, 6) is -0.428. The summed E-state index contributed by atoms with van der Waals surface area (Å²) in [6, 6.07) is 20.9. The van der Waals surface area contributed by atoms with E-state index in [0.717, 1.165) is 10.0 Å². The van der Waals surface area contributed by atoms with Crippen LogP contribution in [0.2, 0.25) is 0 Å². The fourth-order valence-electron chi connectivity index (χ4n) is 3.76. The topological polar surface area (TPSA) is 80.3 Å². The van der Waals surface area contributed by atoms with Gasteiger partial charge in [0, 0.05) is 17.6 Å². The van der Waals surface area contributed by atoms with E-state index in [2.05, 4.69) is 21.2 Å². The first kappa shape index (κ1) is 21.2. The molecule has 0 bridgehead atoms. The zero-order valence-electron chi connectivity index (χ0n) is 16.0. The van der Waals surface area contributed by atoms with Gasteiger partial charge in [0.05, 0.1) is 15.5 Å². The Labute approximate surface area is 185 Å². The smallest absolute Gasteiger partial charge is 0.186 e. The fraction of sp³-hybridized carbons (Fsp3) is 0.182. The van der Waals surface area contributed by atoms with Crippen LogP contribution in [0.5, 0.6) is 0 Å². The van der Waals surface area contributed by atoms with Crippen molar-refractivity contribution in [1.82, 2.24) is 5.32 Å². The molecule has 0 aromatic heterocycles. The number of sulfone groups is 2. The van der Waals surface area contributed by atoms with Gasteiger partial charge in [0.15, 0.2) is 19.7 Å². The van der Waals surface area contributed by atoms with Crippen LogP contribution in [0.25, 0.3) is 0 Å². The second-order valence-electron chi connectivity index (χ2n) is 7.19. The quantitative estimate of drug-likeness (QED) is 0.546. The molecule has 1 heterocycles. The third-order valence-electron chi connectivity index (χ3n) is 5.16. The summed E-state index contributed by atoms with van der Waals surface area (Å²) in [5.41, 5.74) is 2.15. The minimum atomic E-state index is -3.84. The molecule has 0 saturated carbocycles. The number of halogens is 1. The molecule has 156 valence electrons. The summed E-state index contributed by atoms with van der Waals surface area (Å²) in [7, 11) is -7.51. The van der Waals surface area contributed by atoms with Gasteiger partial charge in [-0.25, -0.2) is 16.8 Å². The number of rotatable bonds is 6. The molecule has 3 aromatic rings. The molecular weight excluding hydrogens is 486 g/mol. The van der Waals surface area contributed by atoms with Gasteiger partial charge in [0.2, 0.25) is 0 Å². The summed E-state index contributed by atoms with van der Waals surface area (Å²) in [5, 5.41) is 2.20. The molecule has 0 amide bonds. The van der Waals surface area contributed by atoms with Crippen molar-refractivity contribution >= 4 is 35.6 Å². The highest BCUT2D eigenvalue weighted by Crippen LogP contribution is 2.42. The molecule has 1 aliphatic rings. The number of hydrogen-bond acceptors (Lipinski definition) is 5. The normalized spacial score (nSPS) is 17.6. The van der Waals surface area contributed by atoms with Crippen LogP contribution in [-0.2, 0) is 32.8 Å². The maximum absolute atomic E-state index is 13.3. The van der Waals surface area contributed by atoms with Crippen molar-refractivity contribution < 1.29 is 16.8 Å². The van der Waals surface area contributed by atoms with E-state index in [4.69, 9.17) is 0 Å². The van der Waals surface area contributed by atoms with Crippen molar-refractivity contribution in [3.8, 4) is 0 Å². The molecule has 3 aromatic carbocycles. The van der Waals surface area contributed by atoms with Crippen molar-refractivity contribution in [3.63, 3.8) is 0 Å². The first-order valence-electron chi connectivity index (χ1n) is 9.38. The Morgan fingerprint density at radius 3 is 2.40 bits per heavy atom. The molecule has 30 heavy (non-hydrogen) atoms. The summed E-state index contributed by atoms with van der Waals surface area (Å²) in [6.45, 7) is 0.942. The Bertz CT molecular complexity index is 1290. The first-order chi connectivity index (χ1) is 14.3. The minimum Gasteiger partial charge on any atom is -0.309 e. The highest BCUT2D eigenvalue weighted by molar-refractivity contribution is 9.10. The summed E-state index contributed by atoms with van der Waals surface area (Å²) in [6.07, 6.45) is 0. The monoisotopic (exact) mass is 505 g/mol. The number of hydrogen-bond donors (Lipinski definition) is 1. The van der Waals surface area contributed by atoms with Gasteiger partial charge in [-0.1, -0.05) is 58.4 Å². The number of benzene rings is 3. The molecule has 0 aliphatic carbocycles. The molecule has 1 unspecified atom stereocenters. The van der Waals surface area contributed by atoms with Crippen LogP contribution in [-0.4, -0.2) is 22.6 Å². The van der Waals surface area contributed by atoms with Crippen LogP contribution in [0.1, 0.15) is 21.9 Å². The lowest BCUT2D eigenvalue weighted by Crippen LogP contribution is -2.19. The van der Waals surface area contributed by atoms with E-state index in [1.54, 1.807) is 30.3 Å². The Hall–Kier alpha value is -2.00. The zero-order valence-corrected chi connectivity index (χ0v) is 19.2. The average Bonchev–Trinajstić information content (AvgIpc) is 3.01. The lowest BCUT2D eigenvalue weighted by molar-refractivity contribution is 0.581. The molecule has 4 rings (SSSR count). The molecule has 1 N–H and O–H groups in total. The highest BCUT2D eigenvalue weighted by Gasteiger charge is 2.44. The second kappa shape index (κ2) is 8.26.